The van der Waals surface area contributed by atoms with Gasteiger partial charge in [-0.3, -0.25) is 9.48 Å². The highest BCUT2D eigenvalue weighted by atomic mass is 16.5. The van der Waals surface area contributed by atoms with E-state index in [9.17, 15) is 4.79 Å². The van der Waals surface area contributed by atoms with Crippen LogP contribution in [-0.4, -0.2) is 47.4 Å². The van der Waals surface area contributed by atoms with Crippen molar-refractivity contribution in [3.8, 4) is 0 Å². The number of para-hydroxylation sites is 1. The maximum Gasteiger partial charge on any atom is 0.223 e. The summed E-state index contributed by atoms with van der Waals surface area (Å²) in [5.74, 6) is 1.24. The summed E-state index contributed by atoms with van der Waals surface area (Å²) in [5.41, 5.74) is 1.98. The van der Waals surface area contributed by atoms with Gasteiger partial charge in [-0.1, -0.05) is 18.2 Å². The van der Waals surface area contributed by atoms with E-state index in [2.05, 4.69) is 36.5 Å². The van der Waals surface area contributed by atoms with E-state index in [0.717, 1.165) is 28.8 Å². The number of amides is 1. The summed E-state index contributed by atoms with van der Waals surface area (Å²) in [6, 6.07) is 10.4. The molecule has 0 unspecified atom stereocenters. The van der Waals surface area contributed by atoms with Crippen LogP contribution in [0.3, 0.4) is 0 Å². The molecule has 1 amide bonds. The van der Waals surface area contributed by atoms with Gasteiger partial charge in [0.2, 0.25) is 5.91 Å². The lowest BCUT2D eigenvalue weighted by molar-refractivity contribution is -0.129. The first-order valence-corrected chi connectivity index (χ1v) is 10.6. The molecule has 3 aromatic rings. The minimum atomic E-state index is 0.00308. The fraction of sp³-hybridized carbons (Fsp3) is 0.478. The van der Waals surface area contributed by atoms with Crippen molar-refractivity contribution in [2.45, 2.75) is 38.9 Å². The molecule has 0 aliphatic carbocycles. The van der Waals surface area contributed by atoms with E-state index in [1.165, 1.54) is 0 Å². The Morgan fingerprint density at radius 3 is 2.90 bits per heavy atom. The number of nitrogens with zero attached hydrogens (tertiary/aromatic N) is 3. The lowest BCUT2D eigenvalue weighted by Crippen LogP contribution is -2.33. The van der Waals surface area contributed by atoms with Crippen molar-refractivity contribution in [1.82, 2.24) is 20.0 Å². The van der Waals surface area contributed by atoms with Crippen LogP contribution in [0, 0.1) is 5.92 Å². The third-order valence-corrected chi connectivity index (χ3v) is 5.75. The number of benzene rings is 1. The van der Waals surface area contributed by atoms with Crippen molar-refractivity contribution in [3.05, 3.63) is 54.0 Å². The van der Waals surface area contributed by atoms with Gasteiger partial charge in [0.15, 0.2) is 0 Å². The maximum atomic E-state index is 12.8. The molecule has 1 N–H and O–H groups in total. The van der Waals surface area contributed by atoms with Crippen molar-refractivity contribution < 1.29 is 13.9 Å². The molecule has 2 atom stereocenters. The highest BCUT2D eigenvalue weighted by Gasteiger charge is 2.40. The first-order chi connectivity index (χ1) is 14.6. The highest BCUT2D eigenvalue weighted by molar-refractivity contribution is 5.80. The van der Waals surface area contributed by atoms with Gasteiger partial charge in [-0.15, -0.1) is 0 Å². The monoisotopic (exact) mass is 410 g/mol. The third kappa shape index (κ3) is 4.27. The summed E-state index contributed by atoms with van der Waals surface area (Å²) >= 11 is 0. The number of likely N-dealkylation sites (tertiary alicyclic amines) is 1. The molecule has 2 aromatic heterocycles. The average molecular weight is 411 g/mol. The zero-order valence-corrected chi connectivity index (χ0v) is 17.9. The first-order valence-electron chi connectivity index (χ1n) is 10.6. The minimum absolute atomic E-state index is 0.00308. The van der Waals surface area contributed by atoms with E-state index in [1.807, 2.05) is 40.0 Å². The van der Waals surface area contributed by atoms with Crippen LogP contribution in [0.25, 0.3) is 11.0 Å². The number of hydrogen-bond donors (Lipinski definition) is 1. The van der Waals surface area contributed by atoms with Crippen LogP contribution in [0.5, 0.6) is 0 Å². The summed E-state index contributed by atoms with van der Waals surface area (Å²) < 4.78 is 13.1. The standard InChI is InChI=1S/C23H30N4O3/c1-16(2)27-15-19(13-25-27)23-18(11-22(28)26(23)8-9-29-3)12-24-14-20-10-17-6-4-5-7-21(17)30-20/h4-7,10,13,15-16,18,23-24H,8-9,11-12,14H2,1-3H3/t18-,23+/m0/s1. The molecule has 0 saturated carbocycles. The lowest BCUT2D eigenvalue weighted by Gasteiger charge is -2.27. The van der Waals surface area contributed by atoms with Gasteiger partial charge in [0.1, 0.15) is 11.3 Å². The molecule has 0 bridgehead atoms. The molecule has 0 spiro atoms. The molecule has 1 fully saturated rings. The second kappa shape index (κ2) is 9.02. The fourth-order valence-electron chi connectivity index (χ4n) is 4.24. The summed E-state index contributed by atoms with van der Waals surface area (Å²) in [6.45, 7) is 6.68. The normalized spacial score (nSPS) is 19.5. The molecule has 7 nitrogen and oxygen atoms in total. The molecular formula is C23H30N4O3. The molecule has 0 radical (unpaired) electrons. The number of fused-ring (bicyclic) bond motifs is 1. The van der Waals surface area contributed by atoms with Crippen molar-refractivity contribution in [3.63, 3.8) is 0 Å². The Morgan fingerprint density at radius 1 is 1.33 bits per heavy atom. The van der Waals surface area contributed by atoms with E-state index in [4.69, 9.17) is 9.15 Å². The lowest BCUT2D eigenvalue weighted by atomic mass is 9.95. The van der Waals surface area contributed by atoms with E-state index >= 15 is 0 Å². The summed E-state index contributed by atoms with van der Waals surface area (Å²) in [5, 5.41) is 9.11. The second-order valence-electron chi connectivity index (χ2n) is 8.22. The van der Waals surface area contributed by atoms with Crippen LogP contribution in [0.2, 0.25) is 0 Å². The zero-order valence-electron chi connectivity index (χ0n) is 17.9. The van der Waals surface area contributed by atoms with Crippen molar-refractivity contribution in [2.24, 2.45) is 5.92 Å². The van der Waals surface area contributed by atoms with Gasteiger partial charge < -0.3 is 19.4 Å². The fourth-order valence-corrected chi connectivity index (χ4v) is 4.24. The van der Waals surface area contributed by atoms with Gasteiger partial charge >= 0.3 is 0 Å². The topological polar surface area (TPSA) is 72.5 Å². The number of aromatic nitrogens is 2. The molecule has 160 valence electrons. The predicted octanol–water partition coefficient (Wildman–Crippen LogP) is 3.54. The Hall–Kier alpha value is -2.64. The third-order valence-electron chi connectivity index (χ3n) is 5.75. The molecule has 1 aromatic carbocycles. The molecule has 30 heavy (non-hydrogen) atoms. The SMILES string of the molecule is COCCN1C(=O)C[C@@H](CNCc2cc3ccccc3o2)[C@@H]1c1cnn(C(C)C)c1. The number of carbonyl (C=O) groups excluding carboxylic acids is 1. The Bertz CT molecular complexity index is 960. The van der Waals surface area contributed by atoms with Crippen molar-refractivity contribution in [2.75, 3.05) is 26.8 Å². The number of ether oxygens (including phenoxy) is 1. The minimum Gasteiger partial charge on any atom is -0.460 e. The van der Waals surface area contributed by atoms with E-state index in [0.29, 0.717) is 26.1 Å². The van der Waals surface area contributed by atoms with Crippen LogP contribution in [0.15, 0.2) is 47.1 Å². The summed E-state index contributed by atoms with van der Waals surface area (Å²) in [6.07, 6.45) is 4.49. The Kier molecular flexibility index (Phi) is 6.20. The van der Waals surface area contributed by atoms with Crippen LogP contribution < -0.4 is 5.32 Å². The van der Waals surface area contributed by atoms with Crippen LogP contribution in [0.4, 0.5) is 0 Å². The van der Waals surface area contributed by atoms with Gasteiger partial charge in [0.05, 0.1) is 25.4 Å². The van der Waals surface area contributed by atoms with Crippen LogP contribution in [-0.2, 0) is 16.1 Å². The predicted molar refractivity (Wildman–Crippen MR) is 115 cm³/mol. The van der Waals surface area contributed by atoms with Gasteiger partial charge in [-0.25, -0.2) is 0 Å². The largest absolute Gasteiger partial charge is 0.460 e. The van der Waals surface area contributed by atoms with Crippen LogP contribution >= 0.6 is 0 Å². The smallest absolute Gasteiger partial charge is 0.223 e. The molecule has 1 saturated heterocycles. The second-order valence-corrected chi connectivity index (χ2v) is 8.22. The molecule has 4 rings (SSSR count). The van der Waals surface area contributed by atoms with Crippen molar-refractivity contribution >= 4 is 16.9 Å². The number of furan rings is 1. The number of nitrogens with one attached hydrogen (secondary N) is 1. The van der Waals surface area contributed by atoms with Gasteiger partial charge in [0, 0.05) is 55.7 Å². The molecular weight excluding hydrogens is 380 g/mol. The zero-order chi connectivity index (χ0) is 21.1. The van der Waals surface area contributed by atoms with Gasteiger partial charge in [-0.05, 0) is 26.0 Å². The number of carbonyl (C=O) groups is 1. The average Bonchev–Trinajstić information content (AvgIpc) is 3.43. The van der Waals surface area contributed by atoms with E-state index in [-0.39, 0.29) is 23.9 Å². The number of methoxy groups -OCH3 is 1. The molecule has 3 heterocycles. The molecule has 1 aliphatic heterocycles. The van der Waals surface area contributed by atoms with E-state index in [1.54, 1.807) is 7.11 Å². The van der Waals surface area contributed by atoms with Crippen molar-refractivity contribution in [1.29, 1.82) is 0 Å². The molecule has 1 aliphatic rings. The quantitative estimate of drug-likeness (QED) is 0.584. The first kappa shape index (κ1) is 20.6. The van der Waals surface area contributed by atoms with Crippen LogP contribution in [0.1, 0.15) is 43.7 Å². The molecule has 7 heteroatoms. The highest BCUT2D eigenvalue weighted by Crippen LogP contribution is 2.37. The maximum absolute atomic E-state index is 12.8. The Balaban J connectivity index is 1.47. The van der Waals surface area contributed by atoms with Gasteiger partial charge in [0.25, 0.3) is 0 Å². The summed E-state index contributed by atoms with van der Waals surface area (Å²) in [4.78, 5) is 14.7. The number of rotatable bonds is 9. The summed E-state index contributed by atoms with van der Waals surface area (Å²) in [7, 11) is 1.67. The van der Waals surface area contributed by atoms with Gasteiger partial charge in [-0.2, -0.15) is 5.10 Å². The number of hydrogen-bond acceptors (Lipinski definition) is 5. The van der Waals surface area contributed by atoms with E-state index < -0.39 is 0 Å². The Morgan fingerprint density at radius 2 is 2.17 bits per heavy atom. The Labute approximate surface area is 177 Å².